The first-order valence-electron chi connectivity index (χ1n) is 7.86. The van der Waals surface area contributed by atoms with Gasteiger partial charge >= 0.3 is 0 Å². The van der Waals surface area contributed by atoms with E-state index in [1.807, 2.05) is 30.5 Å². The predicted molar refractivity (Wildman–Crippen MR) is 88.7 cm³/mol. The summed E-state index contributed by atoms with van der Waals surface area (Å²) in [6.07, 6.45) is 3.81. The highest BCUT2D eigenvalue weighted by molar-refractivity contribution is 5.91. The van der Waals surface area contributed by atoms with Gasteiger partial charge in [0.2, 0.25) is 5.91 Å². The van der Waals surface area contributed by atoms with Crippen molar-refractivity contribution < 1.29 is 4.79 Å². The van der Waals surface area contributed by atoms with Crippen molar-refractivity contribution in [1.29, 1.82) is 0 Å². The molecule has 2 heterocycles. The number of para-hydroxylation sites is 1. The Bertz CT molecular complexity index is 653. The van der Waals surface area contributed by atoms with Crippen LogP contribution in [0.3, 0.4) is 0 Å². The third-order valence-corrected chi connectivity index (χ3v) is 4.20. The van der Waals surface area contributed by atoms with E-state index in [1.165, 1.54) is 5.69 Å². The second-order valence-electron chi connectivity index (χ2n) is 5.71. The van der Waals surface area contributed by atoms with E-state index in [2.05, 4.69) is 21.3 Å². The molecule has 3 rings (SSSR count). The summed E-state index contributed by atoms with van der Waals surface area (Å²) in [5, 5.41) is 4.05. The fourth-order valence-corrected chi connectivity index (χ4v) is 3.11. The molecular weight excluding hydrogens is 276 g/mol. The molecule has 116 valence electrons. The largest absolute Gasteiger partial charge is 0.370 e. The standard InChI is InChI=1S/C17H22N4O/c18-8-10-20-17(22)13-4-3-11-21(12-13)16-7-9-19-15-6-2-1-5-14(15)16/h1-2,5-7,9,13H,3-4,8,10-12,18H2,(H,20,22). The van der Waals surface area contributed by atoms with Gasteiger partial charge in [-0.1, -0.05) is 18.2 Å². The van der Waals surface area contributed by atoms with Gasteiger partial charge in [0.1, 0.15) is 0 Å². The third kappa shape index (κ3) is 3.04. The molecule has 1 aliphatic rings. The minimum absolute atomic E-state index is 0.0345. The molecule has 1 amide bonds. The average molecular weight is 298 g/mol. The van der Waals surface area contributed by atoms with Crippen molar-refractivity contribution in [2.75, 3.05) is 31.1 Å². The Morgan fingerprint density at radius 1 is 1.36 bits per heavy atom. The Hall–Kier alpha value is -2.14. The van der Waals surface area contributed by atoms with Crippen molar-refractivity contribution in [3.8, 4) is 0 Å². The second-order valence-corrected chi connectivity index (χ2v) is 5.71. The zero-order chi connectivity index (χ0) is 15.4. The van der Waals surface area contributed by atoms with Gasteiger partial charge in [-0.2, -0.15) is 0 Å². The molecule has 1 aliphatic heterocycles. The summed E-state index contributed by atoms with van der Waals surface area (Å²) in [7, 11) is 0. The molecule has 1 saturated heterocycles. The number of piperidine rings is 1. The van der Waals surface area contributed by atoms with Crippen molar-refractivity contribution in [2.24, 2.45) is 11.7 Å². The van der Waals surface area contributed by atoms with Gasteiger partial charge in [0, 0.05) is 43.4 Å². The maximum absolute atomic E-state index is 12.2. The number of nitrogens with one attached hydrogen (secondary N) is 1. The van der Waals surface area contributed by atoms with E-state index in [-0.39, 0.29) is 11.8 Å². The summed E-state index contributed by atoms with van der Waals surface area (Å²) in [4.78, 5) is 18.9. The lowest BCUT2D eigenvalue weighted by molar-refractivity contribution is -0.125. The van der Waals surface area contributed by atoms with E-state index in [0.29, 0.717) is 13.1 Å². The number of amides is 1. The molecule has 0 aliphatic carbocycles. The van der Waals surface area contributed by atoms with E-state index in [1.54, 1.807) is 0 Å². The van der Waals surface area contributed by atoms with Gasteiger partial charge in [-0.25, -0.2) is 0 Å². The zero-order valence-corrected chi connectivity index (χ0v) is 12.7. The van der Waals surface area contributed by atoms with Crippen LogP contribution in [0.2, 0.25) is 0 Å². The summed E-state index contributed by atoms with van der Waals surface area (Å²) in [6, 6.07) is 10.2. The lowest BCUT2D eigenvalue weighted by Gasteiger charge is -2.34. The van der Waals surface area contributed by atoms with Gasteiger partial charge in [-0.3, -0.25) is 9.78 Å². The normalized spacial score (nSPS) is 18.4. The fraction of sp³-hybridized carbons (Fsp3) is 0.412. The van der Waals surface area contributed by atoms with Crippen LogP contribution in [0.1, 0.15) is 12.8 Å². The number of nitrogens with zero attached hydrogens (tertiary/aromatic N) is 2. The minimum atomic E-state index is 0.0345. The first-order chi connectivity index (χ1) is 10.8. The van der Waals surface area contributed by atoms with Crippen LogP contribution in [0.15, 0.2) is 36.5 Å². The van der Waals surface area contributed by atoms with Crippen LogP contribution in [-0.4, -0.2) is 37.1 Å². The molecule has 22 heavy (non-hydrogen) atoms. The molecule has 2 aromatic rings. The Morgan fingerprint density at radius 2 is 2.23 bits per heavy atom. The van der Waals surface area contributed by atoms with Crippen LogP contribution in [-0.2, 0) is 4.79 Å². The number of carbonyl (C=O) groups excluding carboxylic acids is 1. The number of rotatable bonds is 4. The quantitative estimate of drug-likeness (QED) is 0.898. The lowest BCUT2D eigenvalue weighted by Crippen LogP contribution is -2.44. The highest BCUT2D eigenvalue weighted by Gasteiger charge is 2.26. The van der Waals surface area contributed by atoms with Crippen LogP contribution < -0.4 is 16.0 Å². The number of anilines is 1. The van der Waals surface area contributed by atoms with Gasteiger partial charge in [-0.15, -0.1) is 0 Å². The molecule has 1 aromatic heterocycles. The SMILES string of the molecule is NCCNC(=O)C1CCCN(c2ccnc3ccccc23)C1. The predicted octanol–water partition coefficient (Wildman–Crippen LogP) is 1.53. The average Bonchev–Trinajstić information content (AvgIpc) is 2.59. The number of carbonyl (C=O) groups is 1. The molecule has 1 aromatic carbocycles. The van der Waals surface area contributed by atoms with Gasteiger partial charge in [-0.05, 0) is 25.0 Å². The maximum Gasteiger partial charge on any atom is 0.224 e. The van der Waals surface area contributed by atoms with Crippen LogP contribution in [0.25, 0.3) is 10.9 Å². The first-order valence-corrected chi connectivity index (χ1v) is 7.86. The summed E-state index contributed by atoms with van der Waals surface area (Å²) < 4.78 is 0. The molecule has 1 fully saturated rings. The van der Waals surface area contributed by atoms with Crippen molar-refractivity contribution >= 4 is 22.5 Å². The monoisotopic (exact) mass is 298 g/mol. The number of nitrogens with two attached hydrogens (primary N) is 1. The van der Waals surface area contributed by atoms with Crippen molar-refractivity contribution in [2.45, 2.75) is 12.8 Å². The number of benzene rings is 1. The number of fused-ring (bicyclic) bond motifs is 1. The fourth-order valence-electron chi connectivity index (χ4n) is 3.11. The summed E-state index contributed by atoms with van der Waals surface area (Å²) in [6.45, 7) is 2.77. The maximum atomic E-state index is 12.2. The summed E-state index contributed by atoms with van der Waals surface area (Å²) >= 11 is 0. The molecule has 0 saturated carbocycles. The third-order valence-electron chi connectivity index (χ3n) is 4.20. The Labute approximate surface area is 130 Å². The molecule has 5 nitrogen and oxygen atoms in total. The highest BCUT2D eigenvalue weighted by Crippen LogP contribution is 2.29. The van der Waals surface area contributed by atoms with Crippen LogP contribution in [0.5, 0.6) is 0 Å². The molecule has 0 spiro atoms. The zero-order valence-electron chi connectivity index (χ0n) is 12.7. The minimum Gasteiger partial charge on any atom is -0.370 e. The van der Waals surface area contributed by atoms with Crippen molar-refractivity contribution in [3.63, 3.8) is 0 Å². The van der Waals surface area contributed by atoms with Crippen molar-refractivity contribution in [1.82, 2.24) is 10.3 Å². The lowest BCUT2D eigenvalue weighted by atomic mass is 9.96. The smallest absolute Gasteiger partial charge is 0.224 e. The van der Waals surface area contributed by atoms with E-state index in [4.69, 9.17) is 5.73 Å². The Balaban J connectivity index is 1.80. The van der Waals surface area contributed by atoms with Crippen LogP contribution in [0.4, 0.5) is 5.69 Å². The van der Waals surface area contributed by atoms with Crippen LogP contribution >= 0.6 is 0 Å². The molecule has 0 bridgehead atoms. The van der Waals surface area contributed by atoms with E-state index in [9.17, 15) is 4.79 Å². The van der Waals surface area contributed by atoms with E-state index in [0.717, 1.165) is 36.8 Å². The second kappa shape index (κ2) is 6.75. The van der Waals surface area contributed by atoms with Gasteiger partial charge in [0.25, 0.3) is 0 Å². The first kappa shape index (κ1) is 14.8. The molecule has 5 heteroatoms. The molecule has 3 N–H and O–H groups in total. The number of hydrogen-bond acceptors (Lipinski definition) is 4. The number of hydrogen-bond donors (Lipinski definition) is 2. The topological polar surface area (TPSA) is 71.2 Å². The summed E-state index contributed by atoms with van der Waals surface area (Å²) in [5.74, 6) is 0.153. The summed E-state index contributed by atoms with van der Waals surface area (Å²) in [5.41, 5.74) is 7.62. The van der Waals surface area contributed by atoms with E-state index < -0.39 is 0 Å². The van der Waals surface area contributed by atoms with E-state index >= 15 is 0 Å². The molecule has 0 radical (unpaired) electrons. The van der Waals surface area contributed by atoms with Crippen LogP contribution in [0, 0.1) is 5.92 Å². The Kier molecular flexibility index (Phi) is 4.53. The molecule has 1 atom stereocenters. The number of aromatic nitrogens is 1. The number of pyridine rings is 1. The van der Waals surface area contributed by atoms with Gasteiger partial charge in [0.05, 0.1) is 11.4 Å². The molecule has 1 unspecified atom stereocenters. The molecular formula is C17H22N4O. The van der Waals surface area contributed by atoms with Gasteiger partial charge < -0.3 is 16.0 Å². The van der Waals surface area contributed by atoms with Crippen molar-refractivity contribution in [3.05, 3.63) is 36.5 Å². The highest BCUT2D eigenvalue weighted by atomic mass is 16.1. The Morgan fingerprint density at radius 3 is 3.09 bits per heavy atom. The van der Waals surface area contributed by atoms with Gasteiger partial charge in [0.15, 0.2) is 0 Å².